The summed E-state index contributed by atoms with van der Waals surface area (Å²) in [6.45, 7) is 16.5. The van der Waals surface area contributed by atoms with Gasteiger partial charge in [0.25, 0.3) is 0 Å². The number of nitrogens with zero attached hydrogens (tertiary/aromatic N) is 4. The Labute approximate surface area is 205 Å². The Balaban J connectivity index is 0.00000141. The lowest BCUT2D eigenvalue weighted by Crippen LogP contribution is -2.32. The molecule has 3 aromatic carbocycles. The molecule has 2 heterocycles. The van der Waals surface area contributed by atoms with Gasteiger partial charge in [0.2, 0.25) is 0 Å². The second-order valence-corrected chi connectivity index (χ2v) is 8.87. The van der Waals surface area contributed by atoms with Gasteiger partial charge >= 0.3 is 0 Å². The van der Waals surface area contributed by atoms with Crippen LogP contribution in [-0.2, 0) is 5.41 Å². The number of aromatic hydroxyl groups is 1. The van der Waals surface area contributed by atoms with E-state index < -0.39 is 5.41 Å². The summed E-state index contributed by atoms with van der Waals surface area (Å²) in [5.74, 6) is 0.324. The van der Waals surface area contributed by atoms with E-state index in [9.17, 15) is 5.11 Å². The van der Waals surface area contributed by atoms with Gasteiger partial charge in [0.15, 0.2) is 0 Å². The predicted octanol–water partition coefficient (Wildman–Crippen LogP) is 6.11. The minimum absolute atomic E-state index is 0.324. The summed E-state index contributed by atoms with van der Waals surface area (Å²) in [6.07, 6.45) is 1.63. The summed E-state index contributed by atoms with van der Waals surface area (Å²) in [6, 6.07) is 12.1. The first-order valence-corrected chi connectivity index (χ1v) is 11.8. The molecule has 0 amide bonds. The summed E-state index contributed by atoms with van der Waals surface area (Å²) in [5.41, 5.74) is 9.60. The molecule has 0 saturated heterocycles. The topological polar surface area (TPSA) is 103 Å². The van der Waals surface area contributed by atoms with Crippen molar-refractivity contribution in [3.8, 4) is 5.75 Å². The second-order valence-electron chi connectivity index (χ2n) is 8.87. The lowest BCUT2D eigenvalue weighted by Gasteiger charge is -2.38. The third-order valence-corrected chi connectivity index (χ3v) is 7.32. The number of H-pyrrole nitrogens is 2. The molecule has 5 aromatic rings. The van der Waals surface area contributed by atoms with Gasteiger partial charge in [-0.2, -0.15) is 30.8 Å². The number of phenols is 1. The highest BCUT2D eigenvalue weighted by Gasteiger charge is 2.43. The average molecular weight is 469 g/mol. The van der Waals surface area contributed by atoms with Gasteiger partial charge in [0, 0.05) is 5.56 Å². The Hall–Kier alpha value is -4.00. The first kappa shape index (κ1) is 24.1. The van der Waals surface area contributed by atoms with E-state index in [0.717, 1.165) is 68.3 Å². The van der Waals surface area contributed by atoms with E-state index in [4.69, 9.17) is 0 Å². The van der Waals surface area contributed by atoms with E-state index in [-0.39, 0.29) is 0 Å². The quantitative estimate of drug-likeness (QED) is 0.213. The number of benzene rings is 3. The molecule has 7 heteroatoms. The maximum atomic E-state index is 11.7. The third-order valence-electron chi connectivity index (χ3n) is 7.32. The molecule has 0 aliphatic carbocycles. The molecule has 35 heavy (non-hydrogen) atoms. The van der Waals surface area contributed by atoms with Crippen LogP contribution in [-0.4, -0.2) is 35.9 Å². The predicted molar refractivity (Wildman–Crippen MR) is 141 cm³/mol. The molecule has 180 valence electrons. The van der Waals surface area contributed by atoms with Gasteiger partial charge in [0.05, 0.1) is 5.41 Å². The Bertz CT molecular complexity index is 1410. The van der Waals surface area contributed by atoms with Crippen LogP contribution in [0.15, 0.2) is 49.6 Å². The molecule has 0 spiro atoms. The fourth-order valence-corrected chi connectivity index (χ4v) is 5.42. The SMILES string of the molecule is C=C.CCCC(c1c(C)c(C)c(C)c(C)c1O)(c1cccc2n[nH]nc12)c1cccc2n[nH]nc12. The molecule has 0 aliphatic rings. The highest BCUT2D eigenvalue weighted by molar-refractivity contribution is 5.86. The lowest BCUT2D eigenvalue weighted by atomic mass is 9.63. The van der Waals surface area contributed by atoms with Crippen molar-refractivity contribution in [2.45, 2.75) is 52.9 Å². The van der Waals surface area contributed by atoms with Crippen LogP contribution in [0.25, 0.3) is 22.1 Å². The molecule has 0 bridgehead atoms. The molecular weight excluding hydrogens is 436 g/mol. The third kappa shape index (κ3) is 3.50. The molecule has 0 unspecified atom stereocenters. The van der Waals surface area contributed by atoms with Crippen LogP contribution in [0.1, 0.15) is 58.7 Å². The highest BCUT2D eigenvalue weighted by Crippen LogP contribution is 2.52. The van der Waals surface area contributed by atoms with Gasteiger partial charge in [-0.05, 0) is 79.6 Å². The molecule has 2 aromatic heterocycles. The first-order valence-electron chi connectivity index (χ1n) is 11.8. The standard InChI is InChI=1S/C26H28N6O.C2H4/c1-6-13-26(18-9-7-11-20-23(18)29-31-27-20,19-10-8-12-21-24(19)30-32-28-21)22-16(4)14(2)15(3)17(5)25(22)33;1-2/h7-12,33H,6,13H2,1-5H3,(H,27,29,31)(H,28,30,32);1-2H2. The van der Waals surface area contributed by atoms with Crippen molar-refractivity contribution in [2.24, 2.45) is 0 Å². The highest BCUT2D eigenvalue weighted by atomic mass is 16.3. The lowest BCUT2D eigenvalue weighted by molar-refractivity contribution is 0.439. The summed E-state index contributed by atoms with van der Waals surface area (Å²) in [5, 5.41) is 35.1. The summed E-state index contributed by atoms with van der Waals surface area (Å²) >= 11 is 0. The van der Waals surface area contributed by atoms with E-state index in [0.29, 0.717) is 5.75 Å². The number of aromatic amines is 2. The van der Waals surface area contributed by atoms with E-state index in [1.165, 1.54) is 5.56 Å². The second kappa shape index (κ2) is 9.33. The number of aromatic nitrogens is 6. The van der Waals surface area contributed by atoms with Crippen LogP contribution >= 0.6 is 0 Å². The molecule has 0 aliphatic heterocycles. The molecule has 0 atom stereocenters. The van der Waals surface area contributed by atoms with Crippen molar-refractivity contribution in [1.82, 2.24) is 30.8 Å². The molecular formula is C28H32N6O. The van der Waals surface area contributed by atoms with E-state index >= 15 is 0 Å². The zero-order valence-corrected chi connectivity index (χ0v) is 21.0. The zero-order chi connectivity index (χ0) is 25.3. The number of fused-ring (bicyclic) bond motifs is 2. The van der Waals surface area contributed by atoms with Gasteiger partial charge in [0.1, 0.15) is 27.8 Å². The number of nitrogens with one attached hydrogen (secondary N) is 2. The molecule has 0 fully saturated rings. The average Bonchev–Trinajstić information content (AvgIpc) is 3.56. The molecule has 0 saturated carbocycles. The molecule has 5 rings (SSSR count). The fourth-order valence-electron chi connectivity index (χ4n) is 5.42. The first-order chi connectivity index (χ1) is 16.9. The minimum atomic E-state index is -0.709. The summed E-state index contributed by atoms with van der Waals surface area (Å²) < 4.78 is 0. The van der Waals surface area contributed by atoms with Crippen molar-refractivity contribution in [2.75, 3.05) is 0 Å². The van der Waals surface area contributed by atoms with Crippen LogP contribution < -0.4 is 0 Å². The summed E-state index contributed by atoms with van der Waals surface area (Å²) in [4.78, 5) is 0. The van der Waals surface area contributed by atoms with Crippen molar-refractivity contribution >= 4 is 22.1 Å². The Morgan fingerprint density at radius 1 is 0.743 bits per heavy atom. The molecule has 3 N–H and O–H groups in total. The van der Waals surface area contributed by atoms with E-state index in [1.54, 1.807) is 0 Å². The maximum absolute atomic E-state index is 11.7. The minimum Gasteiger partial charge on any atom is -0.507 e. The van der Waals surface area contributed by atoms with Crippen molar-refractivity contribution in [1.29, 1.82) is 0 Å². The van der Waals surface area contributed by atoms with Crippen LogP contribution in [0, 0.1) is 27.7 Å². The monoisotopic (exact) mass is 468 g/mol. The van der Waals surface area contributed by atoms with Crippen LogP contribution in [0.2, 0.25) is 0 Å². The largest absolute Gasteiger partial charge is 0.507 e. The number of rotatable bonds is 5. The van der Waals surface area contributed by atoms with E-state index in [2.05, 4.69) is 83.8 Å². The molecule has 0 radical (unpaired) electrons. The number of phenolic OH excluding ortho intramolecular Hbond substituents is 1. The summed E-state index contributed by atoms with van der Waals surface area (Å²) in [7, 11) is 0. The van der Waals surface area contributed by atoms with Crippen LogP contribution in [0.5, 0.6) is 5.75 Å². The van der Waals surface area contributed by atoms with Crippen molar-refractivity contribution in [3.63, 3.8) is 0 Å². The van der Waals surface area contributed by atoms with Gasteiger partial charge in [-0.3, -0.25) is 0 Å². The smallest absolute Gasteiger partial charge is 0.123 e. The normalized spacial score (nSPS) is 11.6. The Morgan fingerprint density at radius 2 is 1.23 bits per heavy atom. The number of para-hydroxylation sites is 2. The maximum Gasteiger partial charge on any atom is 0.123 e. The van der Waals surface area contributed by atoms with Crippen LogP contribution in [0.4, 0.5) is 0 Å². The zero-order valence-electron chi connectivity index (χ0n) is 21.0. The van der Waals surface area contributed by atoms with E-state index in [1.807, 2.05) is 31.2 Å². The van der Waals surface area contributed by atoms with Gasteiger partial charge in [-0.15, -0.1) is 13.2 Å². The van der Waals surface area contributed by atoms with Crippen molar-refractivity contribution < 1.29 is 5.11 Å². The van der Waals surface area contributed by atoms with Crippen molar-refractivity contribution in [3.05, 3.63) is 88.5 Å². The van der Waals surface area contributed by atoms with Gasteiger partial charge in [-0.25, -0.2) is 0 Å². The van der Waals surface area contributed by atoms with Crippen LogP contribution in [0.3, 0.4) is 0 Å². The Morgan fingerprint density at radius 3 is 1.71 bits per heavy atom. The Kier molecular flexibility index (Phi) is 6.43. The van der Waals surface area contributed by atoms with Gasteiger partial charge in [-0.1, -0.05) is 37.6 Å². The fraction of sp³-hybridized carbons (Fsp3) is 0.286. The number of hydrogen-bond donors (Lipinski definition) is 3. The molecule has 7 nitrogen and oxygen atoms in total. The van der Waals surface area contributed by atoms with Gasteiger partial charge < -0.3 is 5.11 Å². The number of hydrogen-bond acceptors (Lipinski definition) is 5.